The Morgan fingerprint density at radius 2 is 2.24 bits per heavy atom. The molecule has 21 heavy (non-hydrogen) atoms. The van der Waals surface area contributed by atoms with Crippen molar-refractivity contribution >= 4 is 26.0 Å². The van der Waals surface area contributed by atoms with Gasteiger partial charge in [-0.2, -0.15) is 4.31 Å². The summed E-state index contributed by atoms with van der Waals surface area (Å²) in [6.45, 7) is 6.08. The van der Waals surface area contributed by atoms with Crippen LogP contribution in [0.1, 0.15) is 26.7 Å². The molecule has 0 bridgehead atoms. The van der Waals surface area contributed by atoms with Crippen molar-refractivity contribution in [3.63, 3.8) is 0 Å². The molecule has 1 aliphatic heterocycles. The summed E-state index contributed by atoms with van der Waals surface area (Å²) in [5.41, 5.74) is 0. The van der Waals surface area contributed by atoms with Gasteiger partial charge in [0.1, 0.15) is 4.90 Å². The van der Waals surface area contributed by atoms with E-state index in [1.165, 1.54) is 6.20 Å². The molecular weight excluding hydrogens is 354 g/mol. The van der Waals surface area contributed by atoms with Crippen LogP contribution in [0.2, 0.25) is 0 Å². The molecule has 0 aromatic carbocycles. The second kappa shape index (κ2) is 7.17. The average Bonchev–Trinajstić information content (AvgIpc) is 2.90. The van der Waals surface area contributed by atoms with E-state index in [0.29, 0.717) is 17.6 Å². The minimum absolute atomic E-state index is 0.246. The first-order valence-electron chi connectivity index (χ1n) is 7.23. The monoisotopic (exact) mass is 375 g/mol. The van der Waals surface area contributed by atoms with Gasteiger partial charge in [0.25, 0.3) is 0 Å². The van der Waals surface area contributed by atoms with Crippen molar-refractivity contribution in [1.29, 1.82) is 0 Å². The number of nitrogens with one attached hydrogen (secondary N) is 1. The molecule has 1 saturated heterocycles. The van der Waals surface area contributed by atoms with Gasteiger partial charge >= 0.3 is 0 Å². The highest BCUT2D eigenvalue weighted by molar-refractivity contribution is 9.10. The summed E-state index contributed by atoms with van der Waals surface area (Å²) in [5.74, 6) is 0.279. The van der Waals surface area contributed by atoms with Crippen LogP contribution in [0.25, 0.3) is 0 Å². The Labute approximate surface area is 135 Å². The highest BCUT2D eigenvalue weighted by Crippen LogP contribution is 2.21. The molecule has 1 aromatic rings. The fourth-order valence-corrected chi connectivity index (χ4v) is 4.67. The third kappa shape index (κ3) is 4.48. The second-order valence-electron chi connectivity index (χ2n) is 5.85. The summed E-state index contributed by atoms with van der Waals surface area (Å²) < 4.78 is 28.0. The first kappa shape index (κ1) is 16.9. The number of pyridine rings is 1. The number of hydrogen-bond acceptors (Lipinski definition) is 4. The fraction of sp³-hybridized carbons (Fsp3) is 0.643. The normalized spacial score (nSPS) is 19.6. The lowest BCUT2D eigenvalue weighted by atomic mass is 10.2. The topological polar surface area (TPSA) is 62.3 Å². The molecule has 1 N–H and O–H groups in total. The van der Waals surface area contributed by atoms with E-state index in [1.807, 2.05) is 13.8 Å². The van der Waals surface area contributed by atoms with E-state index >= 15 is 0 Å². The summed E-state index contributed by atoms with van der Waals surface area (Å²) in [7, 11) is -3.51. The summed E-state index contributed by atoms with van der Waals surface area (Å²) >= 11 is 3.28. The van der Waals surface area contributed by atoms with Gasteiger partial charge in [-0.25, -0.2) is 8.42 Å². The minimum Gasteiger partial charge on any atom is -0.313 e. The lowest BCUT2D eigenvalue weighted by Gasteiger charge is -2.26. The molecule has 118 valence electrons. The minimum atomic E-state index is -3.51. The van der Waals surface area contributed by atoms with E-state index in [0.717, 1.165) is 19.4 Å². The van der Waals surface area contributed by atoms with Crippen molar-refractivity contribution in [2.24, 2.45) is 5.92 Å². The molecular formula is C14H22BrN3O2S. The van der Waals surface area contributed by atoms with Crippen molar-refractivity contribution in [2.75, 3.05) is 19.6 Å². The van der Waals surface area contributed by atoms with Gasteiger partial charge in [-0.05, 0) is 47.3 Å². The van der Waals surface area contributed by atoms with Crippen molar-refractivity contribution < 1.29 is 8.42 Å². The Bertz CT molecular complexity index is 571. The Hall–Kier alpha value is -0.500. The maximum absolute atomic E-state index is 12.8. The third-order valence-corrected chi connectivity index (χ3v) is 5.70. The number of aromatic nitrogens is 1. The maximum atomic E-state index is 12.8. The molecule has 0 aliphatic carbocycles. The quantitative estimate of drug-likeness (QED) is 0.827. The summed E-state index contributed by atoms with van der Waals surface area (Å²) in [6, 6.07) is 1.86. The van der Waals surface area contributed by atoms with Crippen LogP contribution in [0.3, 0.4) is 0 Å². The van der Waals surface area contributed by atoms with Gasteiger partial charge in [0.05, 0.1) is 0 Å². The number of halogens is 1. The van der Waals surface area contributed by atoms with Crippen LogP contribution in [-0.4, -0.2) is 43.4 Å². The maximum Gasteiger partial charge on any atom is 0.244 e. The molecule has 1 aromatic heterocycles. The van der Waals surface area contributed by atoms with Gasteiger partial charge in [-0.3, -0.25) is 4.98 Å². The van der Waals surface area contributed by atoms with Crippen LogP contribution < -0.4 is 5.32 Å². The van der Waals surface area contributed by atoms with E-state index in [1.54, 1.807) is 16.6 Å². The zero-order valence-electron chi connectivity index (χ0n) is 12.4. The van der Waals surface area contributed by atoms with Crippen LogP contribution >= 0.6 is 15.9 Å². The van der Waals surface area contributed by atoms with Crippen LogP contribution in [0.5, 0.6) is 0 Å². The fourth-order valence-electron chi connectivity index (χ4n) is 2.52. The molecule has 1 atom stereocenters. The van der Waals surface area contributed by atoms with Crippen LogP contribution in [0, 0.1) is 5.92 Å². The predicted molar refractivity (Wildman–Crippen MR) is 86.6 cm³/mol. The van der Waals surface area contributed by atoms with Crippen LogP contribution in [-0.2, 0) is 10.0 Å². The van der Waals surface area contributed by atoms with Gasteiger partial charge in [0, 0.05) is 36.0 Å². The molecule has 2 heterocycles. The molecule has 1 aliphatic rings. The largest absolute Gasteiger partial charge is 0.313 e. The number of nitrogens with zero attached hydrogens (tertiary/aromatic N) is 2. The Morgan fingerprint density at radius 1 is 1.48 bits per heavy atom. The first-order valence-corrected chi connectivity index (χ1v) is 9.47. The SMILES string of the molecule is CC(C)CN(CC1CCCN1)S(=O)(=O)c1cncc(Br)c1. The molecule has 7 heteroatoms. The van der Waals surface area contributed by atoms with Gasteiger partial charge in [0.2, 0.25) is 10.0 Å². The van der Waals surface area contributed by atoms with E-state index < -0.39 is 10.0 Å². The molecule has 0 saturated carbocycles. The number of sulfonamides is 1. The predicted octanol–water partition coefficient (Wildman–Crippen LogP) is 2.24. The second-order valence-corrected chi connectivity index (χ2v) is 8.70. The molecule has 1 unspecified atom stereocenters. The summed E-state index contributed by atoms with van der Waals surface area (Å²) in [6.07, 6.45) is 5.14. The van der Waals surface area contributed by atoms with Crippen LogP contribution in [0.4, 0.5) is 0 Å². The van der Waals surface area contributed by atoms with Gasteiger partial charge < -0.3 is 5.32 Å². The zero-order chi connectivity index (χ0) is 15.5. The number of rotatable bonds is 6. The molecule has 0 spiro atoms. The van der Waals surface area contributed by atoms with Gasteiger partial charge in [-0.1, -0.05) is 13.8 Å². The van der Waals surface area contributed by atoms with Crippen molar-refractivity contribution in [2.45, 2.75) is 37.6 Å². The van der Waals surface area contributed by atoms with Gasteiger partial charge in [0.15, 0.2) is 0 Å². The van der Waals surface area contributed by atoms with E-state index in [4.69, 9.17) is 0 Å². The van der Waals surface area contributed by atoms with E-state index in [-0.39, 0.29) is 16.9 Å². The Balaban J connectivity index is 2.24. The molecule has 2 rings (SSSR count). The van der Waals surface area contributed by atoms with E-state index in [2.05, 4.69) is 26.2 Å². The summed E-state index contributed by atoms with van der Waals surface area (Å²) in [4.78, 5) is 4.22. The highest BCUT2D eigenvalue weighted by Gasteiger charge is 2.29. The lowest BCUT2D eigenvalue weighted by Crippen LogP contribution is -2.42. The van der Waals surface area contributed by atoms with Gasteiger partial charge in [-0.15, -0.1) is 0 Å². The molecule has 0 radical (unpaired) electrons. The smallest absolute Gasteiger partial charge is 0.244 e. The van der Waals surface area contributed by atoms with Crippen molar-refractivity contribution in [1.82, 2.24) is 14.6 Å². The summed E-state index contributed by atoms with van der Waals surface area (Å²) in [5, 5.41) is 3.36. The van der Waals surface area contributed by atoms with Crippen LogP contribution in [0.15, 0.2) is 27.8 Å². The Morgan fingerprint density at radius 3 is 2.81 bits per heavy atom. The van der Waals surface area contributed by atoms with Crippen molar-refractivity contribution in [3.8, 4) is 0 Å². The van der Waals surface area contributed by atoms with Crippen molar-refractivity contribution in [3.05, 3.63) is 22.9 Å². The number of hydrogen-bond donors (Lipinski definition) is 1. The zero-order valence-corrected chi connectivity index (χ0v) is 14.8. The lowest BCUT2D eigenvalue weighted by molar-refractivity contribution is 0.336. The standard InChI is InChI=1S/C14H22BrN3O2S/c1-11(2)9-18(10-13-4-3-5-17-13)21(19,20)14-6-12(15)7-16-8-14/h6-8,11,13,17H,3-5,9-10H2,1-2H3. The molecule has 1 fully saturated rings. The highest BCUT2D eigenvalue weighted by atomic mass is 79.9. The average molecular weight is 376 g/mol. The van der Waals surface area contributed by atoms with E-state index in [9.17, 15) is 8.42 Å². The third-order valence-electron chi connectivity index (χ3n) is 3.47. The molecule has 5 nitrogen and oxygen atoms in total. The Kier molecular flexibility index (Phi) is 5.76. The molecule has 0 amide bonds. The first-order chi connectivity index (χ1) is 9.89.